The number of aryl methyl sites for hydroxylation is 2. The first-order valence-electron chi connectivity index (χ1n) is 6.35. The van der Waals surface area contributed by atoms with E-state index in [1.807, 2.05) is 50.2 Å². The van der Waals surface area contributed by atoms with Crippen molar-refractivity contribution in [1.29, 1.82) is 0 Å². The van der Waals surface area contributed by atoms with Gasteiger partial charge in [-0.15, -0.1) is 0 Å². The molecule has 0 amide bonds. The summed E-state index contributed by atoms with van der Waals surface area (Å²) in [4.78, 5) is 9.01. The van der Waals surface area contributed by atoms with Crippen molar-refractivity contribution in [3.05, 3.63) is 52.5 Å². The van der Waals surface area contributed by atoms with Gasteiger partial charge in [0, 0.05) is 10.9 Å². The van der Waals surface area contributed by atoms with Gasteiger partial charge in [-0.25, -0.2) is 9.97 Å². The molecule has 100 valence electrons. The van der Waals surface area contributed by atoms with Crippen LogP contribution in [0.4, 0.5) is 5.82 Å². The highest BCUT2D eigenvalue weighted by Gasteiger charge is 2.11. The highest BCUT2D eigenvalue weighted by atomic mass is 35.5. The minimum atomic E-state index is 0.477. The first-order valence-corrected chi connectivity index (χ1v) is 6.73. The zero-order valence-corrected chi connectivity index (χ0v) is 12.1. The van der Waals surface area contributed by atoms with E-state index < -0.39 is 0 Å². The minimum Gasteiger partial charge on any atom is -0.383 e. The normalized spacial score (nSPS) is 10.9. The van der Waals surface area contributed by atoms with Gasteiger partial charge in [0.05, 0.1) is 10.5 Å². The summed E-state index contributed by atoms with van der Waals surface area (Å²) in [7, 11) is 0. The van der Waals surface area contributed by atoms with E-state index >= 15 is 0 Å². The third-order valence-electron chi connectivity index (χ3n) is 3.32. The van der Waals surface area contributed by atoms with Crippen LogP contribution in [0.5, 0.6) is 0 Å². The number of nitrogens with zero attached hydrogens (tertiary/aromatic N) is 2. The molecule has 3 rings (SSSR count). The number of para-hydroxylation sites is 1. The van der Waals surface area contributed by atoms with E-state index in [9.17, 15) is 0 Å². The van der Waals surface area contributed by atoms with E-state index in [4.69, 9.17) is 17.3 Å². The van der Waals surface area contributed by atoms with Gasteiger partial charge in [-0.2, -0.15) is 0 Å². The van der Waals surface area contributed by atoms with Crippen LogP contribution in [0.25, 0.3) is 22.3 Å². The summed E-state index contributed by atoms with van der Waals surface area (Å²) in [5, 5.41) is 1.51. The Balaban J connectivity index is 2.29. The van der Waals surface area contributed by atoms with Crippen molar-refractivity contribution < 1.29 is 0 Å². The van der Waals surface area contributed by atoms with Gasteiger partial charge < -0.3 is 5.73 Å². The Morgan fingerprint density at radius 1 is 1.05 bits per heavy atom. The van der Waals surface area contributed by atoms with Gasteiger partial charge >= 0.3 is 0 Å². The molecule has 2 N–H and O–H groups in total. The highest BCUT2D eigenvalue weighted by Crippen LogP contribution is 2.29. The first-order chi connectivity index (χ1) is 9.56. The smallest absolute Gasteiger partial charge is 0.163 e. The lowest BCUT2D eigenvalue weighted by Gasteiger charge is -2.09. The van der Waals surface area contributed by atoms with Crippen molar-refractivity contribution in [2.24, 2.45) is 0 Å². The Bertz CT molecular complexity index is 812. The van der Waals surface area contributed by atoms with E-state index in [0.717, 1.165) is 27.6 Å². The topological polar surface area (TPSA) is 51.8 Å². The predicted octanol–water partition coefficient (Wildman–Crippen LogP) is 4.15. The number of aromatic nitrogens is 2. The molecule has 0 spiro atoms. The second-order valence-electron chi connectivity index (χ2n) is 4.89. The maximum atomic E-state index is 6.29. The zero-order chi connectivity index (χ0) is 14.3. The molecule has 20 heavy (non-hydrogen) atoms. The lowest BCUT2D eigenvalue weighted by atomic mass is 10.1. The van der Waals surface area contributed by atoms with Crippen LogP contribution in [0.15, 0.2) is 36.4 Å². The van der Waals surface area contributed by atoms with Crippen LogP contribution < -0.4 is 5.73 Å². The van der Waals surface area contributed by atoms with E-state index in [1.165, 1.54) is 0 Å². The molecule has 2 aromatic carbocycles. The van der Waals surface area contributed by atoms with Crippen molar-refractivity contribution in [1.82, 2.24) is 9.97 Å². The molecule has 0 saturated heterocycles. The molecule has 0 saturated carbocycles. The van der Waals surface area contributed by atoms with E-state index in [2.05, 4.69) is 9.97 Å². The van der Waals surface area contributed by atoms with Gasteiger partial charge in [-0.05, 0) is 43.2 Å². The Morgan fingerprint density at radius 2 is 1.85 bits per heavy atom. The zero-order valence-electron chi connectivity index (χ0n) is 11.3. The van der Waals surface area contributed by atoms with Gasteiger partial charge in [0.1, 0.15) is 5.82 Å². The van der Waals surface area contributed by atoms with Crippen LogP contribution in [-0.4, -0.2) is 9.97 Å². The summed E-state index contributed by atoms with van der Waals surface area (Å²) in [5.74, 6) is 1.04. The largest absolute Gasteiger partial charge is 0.383 e. The molecule has 0 bridgehead atoms. The number of rotatable bonds is 1. The monoisotopic (exact) mass is 283 g/mol. The molecule has 1 heterocycles. The maximum absolute atomic E-state index is 6.29. The third-order valence-corrected chi connectivity index (χ3v) is 3.64. The summed E-state index contributed by atoms with van der Waals surface area (Å²) < 4.78 is 0. The molecule has 0 unspecified atom stereocenters. The van der Waals surface area contributed by atoms with Crippen LogP contribution in [0.1, 0.15) is 11.1 Å². The van der Waals surface area contributed by atoms with Gasteiger partial charge in [0.15, 0.2) is 5.82 Å². The van der Waals surface area contributed by atoms with Gasteiger partial charge in [-0.1, -0.05) is 29.8 Å². The Kier molecular flexibility index (Phi) is 3.07. The van der Waals surface area contributed by atoms with E-state index in [1.54, 1.807) is 0 Å². The van der Waals surface area contributed by atoms with Crippen LogP contribution >= 0.6 is 11.6 Å². The highest BCUT2D eigenvalue weighted by molar-refractivity contribution is 6.33. The Labute approximate surface area is 122 Å². The quantitative estimate of drug-likeness (QED) is 0.730. The molecular weight excluding hydrogens is 270 g/mol. The van der Waals surface area contributed by atoms with Crippen molar-refractivity contribution in [2.75, 3.05) is 5.73 Å². The first kappa shape index (κ1) is 12.9. The summed E-state index contributed by atoms with van der Waals surface area (Å²) >= 11 is 6.29. The molecular formula is C16H14ClN3. The van der Waals surface area contributed by atoms with Crippen LogP contribution in [0.2, 0.25) is 5.02 Å². The Hall–Kier alpha value is -2.13. The van der Waals surface area contributed by atoms with Crippen LogP contribution in [0, 0.1) is 13.8 Å². The second-order valence-corrected chi connectivity index (χ2v) is 5.29. The lowest BCUT2D eigenvalue weighted by Crippen LogP contribution is -1.99. The molecule has 0 aliphatic heterocycles. The van der Waals surface area contributed by atoms with Crippen LogP contribution in [-0.2, 0) is 0 Å². The molecule has 4 heteroatoms. The number of hydrogen-bond donors (Lipinski definition) is 1. The molecule has 3 nitrogen and oxygen atoms in total. The molecule has 3 aromatic rings. The summed E-state index contributed by atoms with van der Waals surface area (Å²) in [5.41, 5.74) is 9.89. The number of fused-ring (bicyclic) bond motifs is 1. The molecule has 0 aliphatic rings. The van der Waals surface area contributed by atoms with E-state index in [-0.39, 0.29) is 0 Å². The summed E-state index contributed by atoms with van der Waals surface area (Å²) in [6.45, 7) is 4.00. The van der Waals surface area contributed by atoms with Crippen molar-refractivity contribution >= 4 is 28.3 Å². The lowest BCUT2D eigenvalue weighted by molar-refractivity contribution is 1.22. The molecule has 1 aromatic heterocycles. The fraction of sp³-hybridized carbons (Fsp3) is 0.125. The fourth-order valence-electron chi connectivity index (χ4n) is 2.24. The molecule has 0 atom stereocenters. The van der Waals surface area contributed by atoms with Gasteiger partial charge in [0.2, 0.25) is 0 Å². The number of nitrogen functional groups attached to an aromatic ring is 1. The predicted molar refractivity (Wildman–Crippen MR) is 83.9 cm³/mol. The maximum Gasteiger partial charge on any atom is 0.163 e. The summed E-state index contributed by atoms with van der Waals surface area (Å²) in [6, 6.07) is 11.7. The SMILES string of the molecule is Cc1ccc(-c2nc(N)c3cccc(C)c3n2)c(Cl)c1. The molecule has 0 radical (unpaired) electrons. The summed E-state index contributed by atoms with van der Waals surface area (Å²) in [6.07, 6.45) is 0. The van der Waals surface area contributed by atoms with Crippen LogP contribution in [0.3, 0.4) is 0 Å². The Morgan fingerprint density at radius 3 is 2.60 bits per heavy atom. The number of benzene rings is 2. The third kappa shape index (κ3) is 2.10. The average molecular weight is 284 g/mol. The van der Waals surface area contributed by atoms with Gasteiger partial charge in [0.25, 0.3) is 0 Å². The number of hydrogen-bond acceptors (Lipinski definition) is 3. The number of anilines is 1. The van der Waals surface area contributed by atoms with Crippen molar-refractivity contribution in [3.8, 4) is 11.4 Å². The number of halogens is 1. The average Bonchev–Trinajstić information content (AvgIpc) is 2.40. The van der Waals surface area contributed by atoms with Crippen molar-refractivity contribution in [3.63, 3.8) is 0 Å². The standard InChI is InChI=1S/C16H14ClN3/c1-9-6-7-11(13(17)8-9)16-19-14-10(2)4-3-5-12(14)15(18)20-16/h3-8H,1-2H3,(H2,18,19,20). The molecule has 0 fully saturated rings. The minimum absolute atomic E-state index is 0.477. The fourth-order valence-corrected chi connectivity index (χ4v) is 2.56. The van der Waals surface area contributed by atoms with E-state index in [0.29, 0.717) is 16.7 Å². The molecule has 0 aliphatic carbocycles. The second kappa shape index (κ2) is 4.76. The van der Waals surface area contributed by atoms with Gasteiger partial charge in [-0.3, -0.25) is 0 Å². The van der Waals surface area contributed by atoms with Crippen molar-refractivity contribution in [2.45, 2.75) is 13.8 Å². The number of nitrogens with two attached hydrogens (primary N) is 1.